The Morgan fingerprint density at radius 1 is 1.29 bits per heavy atom. The lowest BCUT2D eigenvalue weighted by Gasteiger charge is -2.35. The predicted molar refractivity (Wildman–Crippen MR) is 79.0 cm³/mol. The van der Waals surface area contributed by atoms with Gasteiger partial charge < -0.3 is 19.6 Å². The van der Waals surface area contributed by atoms with Gasteiger partial charge in [-0.15, -0.1) is 0 Å². The van der Waals surface area contributed by atoms with Crippen LogP contribution >= 0.6 is 11.6 Å². The first-order chi connectivity index (χ1) is 10.0. The van der Waals surface area contributed by atoms with Crippen molar-refractivity contribution in [1.29, 1.82) is 0 Å². The third-order valence-electron chi connectivity index (χ3n) is 3.48. The summed E-state index contributed by atoms with van der Waals surface area (Å²) < 4.78 is 4.62. The van der Waals surface area contributed by atoms with Crippen LogP contribution in [-0.4, -0.2) is 55.4 Å². The second kappa shape index (κ2) is 6.67. The summed E-state index contributed by atoms with van der Waals surface area (Å²) in [5.74, 6) is -0.311. The van der Waals surface area contributed by atoms with Crippen LogP contribution in [0, 0.1) is 0 Å². The summed E-state index contributed by atoms with van der Waals surface area (Å²) in [5.41, 5.74) is 1.65. The number of ether oxygens (including phenoxy) is 1. The summed E-state index contributed by atoms with van der Waals surface area (Å²) in [5, 5.41) is 9.49. The maximum Gasteiger partial charge on any atom is 0.407 e. The van der Waals surface area contributed by atoms with Crippen molar-refractivity contribution in [3.63, 3.8) is 0 Å². The molecule has 0 spiro atoms. The van der Waals surface area contributed by atoms with Crippen molar-refractivity contribution in [1.82, 2.24) is 4.90 Å². The highest BCUT2D eigenvalue weighted by Gasteiger charge is 2.21. The number of rotatable bonds is 3. The molecule has 0 aromatic heterocycles. The number of halogens is 1. The zero-order valence-electron chi connectivity index (χ0n) is 11.7. The zero-order chi connectivity index (χ0) is 15.4. The van der Waals surface area contributed by atoms with Crippen LogP contribution < -0.4 is 4.90 Å². The maximum absolute atomic E-state index is 11.2. The van der Waals surface area contributed by atoms with E-state index in [4.69, 9.17) is 16.7 Å². The van der Waals surface area contributed by atoms with E-state index in [1.54, 1.807) is 6.07 Å². The summed E-state index contributed by atoms with van der Waals surface area (Å²) in [6.45, 7) is 2.11. The minimum absolute atomic E-state index is 0.184. The topological polar surface area (TPSA) is 70.1 Å². The Kier molecular flexibility index (Phi) is 4.90. The minimum Gasteiger partial charge on any atom is -0.469 e. The summed E-state index contributed by atoms with van der Waals surface area (Å²) in [6, 6.07) is 5.44. The number of nitrogens with zero attached hydrogens (tertiary/aromatic N) is 2. The number of anilines is 1. The van der Waals surface area contributed by atoms with Gasteiger partial charge in [0.05, 0.1) is 24.2 Å². The first-order valence-electron chi connectivity index (χ1n) is 6.59. The molecule has 21 heavy (non-hydrogen) atoms. The van der Waals surface area contributed by atoms with Gasteiger partial charge in [0.1, 0.15) is 0 Å². The molecule has 2 rings (SSSR count). The van der Waals surface area contributed by atoms with Gasteiger partial charge in [0.25, 0.3) is 0 Å². The molecule has 0 radical (unpaired) electrons. The lowest BCUT2D eigenvalue weighted by atomic mass is 10.1. The number of hydrogen-bond acceptors (Lipinski definition) is 4. The molecule has 1 aromatic rings. The van der Waals surface area contributed by atoms with E-state index in [0.29, 0.717) is 31.2 Å². The van der Waals surface area contributed by atoms with Gasteiger partial charge >= 0.3 is 12.1 Å². The van der Waals surface area contributed by atoms with Crippen molar-refractivity contribution in [2.24, 2.45) is 0 Å². The van der Waals surface area contributed by atoms with Gasteiger partial charge in [0.2, 0.25) is 0 Å². The Balaban J connectivity index is 2.04. The van der Waals surface area contributed by atoms with Crippen LogP contribution in [0.15, 0.2) is 18.2 Å². The number of esters is 1. The Morgan fingerprint density at radius 3 is 2.48 bits per heavy atom. The van der Waals surface area contributed by atoms with E-state index in [1.807, 2.05) is 17.0 Å². The van der Waals surface area contributed by atoms with E-state index in [9.17, 15) is 9.59 Å². The number of carbonyl (C=O) groups is 2. The van der Waals surface area contributed by atoms with Crippen LogP contribution in [0.1, 0.15) is 5.56 Å². The summed E-state index contributed by atoms with van der Waals surface area (Å²) in [4.78, 5) is 25.6. The fourth-order valence-electron chi connectivity index (χ4n) is 2.29. The molecule has 1 aromatic carbocycles. The number of benzene rings is 1. The SMILES string of the molecule is COC(=O)Cc1ccc(N2CCN(C(=O)O)CC2)c(Cl)c1. The quantitative estimate of drug-likeness (QED) is 0.863. The predicted octanol–water partition coefficient (Wildman–Crippen LogP) is 1.86. The van der Waals surface area contributed by atoms with Crippen LogP contribution in [0.2, 0.25) is 5.02 Å². The van der Waals surface area contributed by atoms with Crippen molar-refractivity contribution >= 4 is 29.4 Å². The maximum atomic E-state index is 11.2. The van der Waals surface area contributed by atoms with Crippen LogP contribution in [0.25, 0.3) is 0 Å². The number of carboxylic acid groups (broad SMARTS) is 1. The Morgan fingerprint density at radius 2 is 1.95 bits per heavy atom. The average molecular weight is 313 g/mol. The molecular weight excluding hydrogens is 296 g/mol. The molecule has 1 fully saturated rings. The number of amides is 1. The Labute approximate surface area is 127 Å². The zero-order valence-corrected chi connectivity index (χ0v) is 12.5. The van der Waals surface area contributed by atoms with E-state index < -0.39 is 6.09 Å². The fraction of sp³-hybridized carbons (Fsp3) is 0.429. The number of piperazine rings is 1. The van der Waals surface area contributed by atoms with Gasteiger partial charge in [-0.2, -0.15) is 0 Å². The lowest BCUT2D eigenvalue weighted by molar-refractivity contribution is -0.139. The summed E-state index contributed by atoms with van der Waals surface area (Å²) in [6.07, 6.45) is -0.710. The van der Waals surface area contributed by atoms with Gasteiger partial charge in [-0.05, 0) is 17.7 Å². The molecule has 1 aliphatic heterocycles. The molecule has 0 unspecified atom stereocenters. The monoisotopic (exact) mass is 312 g/mol. The number of carbonyl (C=O) groups excluding carboxylic acids is 1. The molecule has 7 heteroatoms. The molecule has 1 amide bonds. The van der Waals surface area contributed by atoms with Gasteiger partial charge in [-0.1, -0.05) is 17.7 Å². The van der Waals surface area contributed by atoms with E-state index in [1.165, 1.54) is 12.0 Å². The molecule has 1 aliphatic rings. The van der Waals surface area contributed by atoms with Crippen molar-refractivity contribution < 1.29 is 19.4 Å². The molecule has 0 atom stereocenters. The number of hydrogen-bond donors (Lipinski definition) is 1. The van der Waals surface area contributed by atoms with Gasteiger partial charge in [-0.25, -0.2) is 4.79 Å². The fourth-order valence-corrected chi connectivity index (χ4v) is 2.62. The van der Waals surface area contributed by atoms with Crippen LogP contribution in [0.4, 0.5) is 10.5 Å². The van der Waals surface area contributed by atoms with Crippen LogP contribution in [0.3, 0.4) is 0 Å². The summed E-state index contributed by atoms with van der Waals surface area (Å²) in [7, 11) is 1.35. The molecule has 1 N–H and O–H groups in total. The van der Waals surface area contributed by atoms with E-state index >= 15 is 0 Å². The van der Waals surface area contributed by atoms with Gasteiger partial charge in [-0.3, -0.25) is 4.79 Å². The molecule has 1 heterocycles. The van der Waals surface area contributed by atoms with Gasteiger partial charge in [0, 0.05) is 26.2 Å². The lowest BCUT2D eigenvalue weighted by Crippen LogP contribution is -2.48. The molecule has 0 saturated carbocycles. The molecule has 114 valence electrons. The van der Waals surface area contributed by atoms with Crippen molar-refractivity contribution in [3.05, 3.63) is 28.8 Å². The molecule has 0 aliphatic carbocycles. The third-order valence-corrected chi connectivity index (χ3v) is 3.78. The largest absolute Gasteiger partial charge is 0.469 e. The van der Waals surface area contributed by atoms with Crippen molar-refractivity contribution in [3.8, 4) is 0 Å². The average Bonchev–Trinajstić information content (AvgIpc) is 2.47. The first kappa shape index (κ1) is 15.4. The van der Waals surface area contributed by atoms with Crippen LogP contribution in [-0.2, 0) is 16.0 Å². The third kappa shape index (κ3) is 3.78. The molecular formula is C14H17ClN2O4. The first-order valence-corrected chi connectivity index (χ1v) is 6.97. The second-order valence-electron chi connectivity index (χ2n) is 4.80. The Hall–Kier alpha value is -1.95. The van der Waals surface area contributed by atoms with Gasteiger partial charge in [0.15, 0.2) is 0 Å². The van der Waals surface area contributed by atoms with E-state index in [2.05, 4.69) is 4.74 Å². The highest BCUT2D eigenvalue weighted by molar-refractivity contribution is 6.33. The molecule has 1 saturated heterocycles. The highest BCUT2D eigenvalue weighted by atomic mass is 35.5. The number of methoxy groups -OCH3 is 1. The van der Waals surface area contributed by atoms with E-state index in [0.717, 1.165) is 11.3 Å². The van der Waals surface area contributed by atoms with Crippen molar-refractivity contribution in [2.45, 2.75) is 6.42 Å². The van der Waals surface area contributed by atoms with Crippen LogP contribution in [0.5, 0.6) is 0 Å². The summed E-state index contributed by atoms with van der Waals surface area (Å²) >= 11 is 6.26. The standard InChI is InChI=1S/C14H17ClN2O4/c1-21-13(18)9-10-2-3-12(11(15)8-10)16-4-6-17(7-5-16)14(19)20/h2-3,8H,4-7,9H2,1H3,(H,19,20). The molecule has 6 nitrogen and oxygen atoms in total. The minimum atomic E-state index is -0.894. The Bertz CT molecular complexity index is 542. The molecule has 0 bridgehead atoms. The second-order valence-corrected chi connectivity index (χ2v) is 5.20. The highest BCUT2D eigenvalue weighted by Crippen LogP contribution is 2.28. The van der Waals surface area contributed by atoms with Crippen molar-refractivity contribution in [2.75, 3.05) is 38.2 Å². The van der Waals surface area contributed by atoms with E-state index in [-0.39, 0.29) is 12.4 Å². The smallest absolute Gasteiger partial charge is 0.407 e. The normalized spacial score (nSPS) is 15.0.